The summed E-state index contributed by atoms with van der Waals surface area (Å²) < 4.78 is 0. The number of aromatic nitrogens is 1. The molecule has 348 valence electrons. The first-order valence-corrected chi connectivity index (χ1v) is 23.0. The lowest BCUT2D eigenvalue weighted by Crippen LogP contribution is -2.60. The lowest BCUT2D eigenvalue weighted by atomic mass is 10.00. The lowest BCUT2D eigenvalue weighted by Gasteiger charge is -2.31. The minimum Gasteiger partial charge on any atom is -0.508 e. The number of hydrogen-bond donors (Lipinski definition) is 10. The zero-order valence-electron chi connectivity index (χ0n) is 36.3. The molecule has 5 amide bonds. The second-order valence-electron chi connectivity index (χ2n) is 16.3. The highest BCUT2D eigenvalue weighted by molar-refractivity contribution is 7.98. The number of nitrogens with one attached hydrogen (secondary N) is 5. The number of para-hydroxylation sites is 1. The number of aromatic hydroxyl groups is 3. The number of fused-ring (bicyclic) bond motifs is 1. The summed E-state index contributed by atoms with van der Waals surface area (Å²) in [5.74, 6) is -4.08. The topological polar surface area (TPSA) is 277 Å². The van der Waals surface area contributed by atoms with Gasteiger partial charge in [0.15, 0.2) is 0 Å². The predicted octanol–water partition coefficient (Wildman–Crippen LogP) is 2.65. The first-order chi connectivity index (χ1) is 31.7. The molecule has 1 fully saturated rings. The number of nitrogens with two attached hydrogens (primary N) is 1. The number of hydrogen-bond acceptors (Lipinski definition) is 11. The van der Waals surface area contributed by atoms with Gasteiger partial charge in [0.25, 0.3) is 0 Å². The van der Waals surface area contributed by atoms with E-state index in [1.54, 1.807) is 42.6 Å². The maximum Gasteiger partial charge on any atom is 0.326 e. The molecule has 66 heavy (non-hydrogen) atoms. The number of rotatable bonds is 21. The Morgan fingerprint density at radius 3 is 1.74 bits per heavy atom. The Bertz CT molecular complexity index is 2480. The van der Waals surface area contributed by atoms with Crippen LogP contribution in [-0.4, -0.2) is 121 Å². The Hall–Kier alpha value is -7.05. The van der Waals surface area contributed by atoms with Crippen molar-refractivity contribution in [1.82, 2.24) is 31.2 Å². The van der Waals surface area contributed by atoms with Crippen LogP contribution in [0.4, 0.5) is 0 Å². The van der Waals surface area contributed by atoms with Gasteiger partial charge in [-0.1, -0.05) is 54.6 Å². The molecule has 1 aromatic heterocycles. The Balaban J connectivity index is 1.28. The number of carboxylic acid groups (broad SMARTS) is 1. The third-order valence-corrected chi connectivity index (χ3v) is 12.2. The number of benzene rings is 4. The molecule has 18 heteroatoms. The number of phenolic OH excluding ortho intramolecular Hbond substituents is 3. The fraction of sp³-hybridized carbons (Fsp3) is 0.333. The number of amides is 5. The highest BCUT2D eigenvalue weighted by atomic mass is 32.2. The Kier molecular flexibility index (Phi) is 16.7. The monoisotopic (exact) mass is 921 g/mol. The van der Waals surface area contributed by atoms with Gasteiger partial charge in [0.2, 0.25) is 29.5 Å². The van der Waals surface area contributed by atoms with Crippen molar-refractivity contribution in [2.75, 3.05) is 18.6 Å². The summed E-state index contributed by atoms with van der Waals surface area (Å²) in [4.78, 5) is 87.9. The lowest BCUT2D eigenvalue weighted by molar-refractivity contribution is -0.145. The number of nitrogens with zero attached hydrogens (tertiary/aromatic N) is 1. The van der Waals surface area contributed by atoms with Crippen molar-refractivity contribution in [3.8, 4) is 17.2 Å². The van der Waals surface area contributed by atoms with E-state index in [1.165, 1.54) is 53.1 Å². The standard InChI is InChI=1S/C48H55N7O10S/c1-66-22-20-36(49)43(59)51-38(23-28-8-14-32(56)15-9-28)44(60)52-39(26-31-27-50-37-6-3-2-5-35(31)37)45(61)53-40(24-29-10-16-33(57)17-11-29)47(63)55-21-4-7-42(55)46(62)54-41(48(64)65)25-30-12-18-34(58)19-13-30/h2-3,5-6,8-19,27,36,38-42,50,56-58H,4,7,20-26,49H2,1H3,(H,51,59)(H,52,60)(H,53,61)(H,54,62)(H,64,65)/t36-,38-,39-,40-,41-,42-/m0/s1. The average Bonchev–Trinajstić information content (AvgIpc) is 3.97. The van der Waals surface area contributed by atoms with Crippen LogP contribution in [-0.2, 0) is 54.5 Å². The molecule has 0 saturated carbocycles. The van der Waals surface area contributed by atoms with E-state index in [1.807, 2.05) is 30.5 Å². The molecule has 17 nitrogen and oxygen atoms in total. The van der Waals surface area contributed by atoms with Crippen molar-refractivity contribution in [2.24, 2.45) is 5.73 Å². The maximum absolute atomic E-state index is 14.8. The average molecular weight is 922 g/mol. The molecule has 6 atom stereocenters. The molecule has 6 rings (SSSR count). The van der Waals surface area contributed by atoms with E-state index in [2.05, 4.69) is 26.3 Å². The second kappa shape index (κ2) is 22.7. The molecule has 4 aromatic carbocycles. The quantitative estimate of drug-likeness (QED) is 0.0509. The number of aliphatic carboxylic acids is 1. The van der Waals surface area contributed by atoms with Gasteiger partial charge in [-0.2, -0.15) is 11.8 Å². The van der Waals surface area contributed by atoms with Crippen LogP contribution >= 0.6 is 11.8 Å². The number of thioether (sulfide) groups is 1. The number of carbonyl (C=O) groups is 6. The summed E-state index contributed by atoms with van der Waals surface area (Å²) in [5, 5.41) is 51.5. The highest BCUT2D eigenvalue weighted by Crippen LogP contribution is 2.23. The first-order valence-electron chi connectivity index (χ1n) is 21.6. The molecule has 0 unspecified atom stereocenters. The van der Waals surface area contributed by atoms with E-state index in [-0.39, 0.29) is 55.9 Å². The van der Waals surface area contributed by atoms with E-state index in [0.29, 0.717) is 40.8 Å². The summed E-state index contributed by atoms with van der Waals surface area (Å²) >= 11 is 1.52. The molecular formula is C48H55N7O10S. The Morgan fingerprint density at radius 1 is 0.682 bits per heavy atom. The van der Waals surface area contributed by atoms with Crippen molar-refractivity contribution in [2.45, 2.75) is 81.2 Å². The third-order valence-electron chi connectivity index (χ3n) is 11.5. The molecule has 1 saturated heterocycles. The van der Waals surface area contributed by atoms with Gasteiger partial charge in [-0.15, -0.1) is 0 Å². The number of carbonyl (C=O) groups excluding carboxylic acids is 5. The Morgan fingerprint density at radius 2 is 1.18 bits per heavy atom. The van der Waals surface area contributed by atoms with Crippen LogP contribution in [0.1, 0.15) is 41.5 Å². The van der Waals surface area contributed by atoms with Crippen LogP contribution in [0, 0.1) is 0 Å². The fourth-order valence-electron chi connectivity index (χ4n) is 7.91. The van der Waals surface area contributed by atoms with Gasteiger partial charge in [0.1, 0.15) is 47.5 Å². The van der Waals surface area contributed by atoms with Crippen molar-refractivity contribution < 1.29 is 49.2 Å². The van der Waals surface area contributed by atoms with Crippen molar-refractivity contribution >= 4 is 58.2 Å². The molecule has 1 aliphatic heterocycles. The maximum atomic E-state index is 14.8. The van der Waals surface area contributed by atoms with Gasteiger partial charge in [-0.3, -0.25) is 24.0 Å². The summed E-state index contributed by atoms with van der Waals surface area (Å²) in [6.07, 6.45) is 4.33. The largest absolute Gasteiger partial charge is 0.508 e. The normalized spacial score (nSPS) is 15.8. The molecular weight excluding hydrogens is 867 g/mol. The van der Waals surface area contributed by atoms with E-state index in [0.717, 1.165) is 10.9 Å². The van der Waals surface area contributed by atoms with Crippen molar-refractivity contribution in [1.29, 1.82) is 0 Å². The van der Waals surface area contributed by atoms with Gasteiger partial charge < -0.3 is 57.3 Å². The van der Waals surface area contributed by atoms with Gasteiger partial charge in [0.05, 0.1) is 6.04 Å². The third kappa shape index (κ3) is 13.0. The minimum absolute atomic E-state index is 0.00330. The molecule has 0 spiro atoms. The Labute approximate surface area is 385 Å². The molecule has 1 aliphatic rings. The summed E-state index contributed by atoms with van der Waals surface area (Å²) in [6, 6.07) is 18.2. The zero-order valence-corrected chi connectivity index (χ0v) is 37.1. The summed E-state index contributed by atoms with van der Waals surface area (Å²) in [7, 11) is 0. The van der Waals surface area contributed by atoms with Gasteiger partial charge >= 0.3 is 5.97 Å². The first kappa shape index (κ1) is 48.4. The fourth-order valence-corrected chi connectivity index (χ4v) is 8.40. The number of phenols is 3. The number of H-pyrrole nitrogens is 1. The zero-order chi connectivity index (χ0) is 47.3. The highest BCUT2D eigenvalue weighted by Gasteiger charge is 2.40. The summed E-state index contributed by atoms with van der Waals surface area (Å²) in [5.41, 5.74) is 9.35. The van der Waals surface area contributed by atoms with Crippen LogP contribution in [0.5, 0.6) is 17.2 Å². The minimum atomic E-state index is -1.35. The van der Waals surface area contributed by atoms with Gasteiger partial charge in [-0.05, 0) is 96.0 Å². The van der Waals surface area contributed by atoms with Crippen molar-refractivity contribution in [3.63, 3.8) is 0 Å². The molecule has 0 bridgehead atoms. The van der Waals surface area contributed by atoms with E-state index >= 15 is 0 Å². The molecule has 2 heterocycles. The van der Waals surface area contributed by atoms with Gasteiger partial charge in [0, 0.05) is 49.3 Å². The van der Waals surface area contributed by atoms with Gasteiger partial charge in [-0.25, -0.2) is 4.79 Å². The van der Waals surface area contributed by atoms with Crippen LogP contribution in [0.25, 0.3) is 10.9 Å². The smallest absolute Gasteiger partial charge is 0.326 e. The number of carboxylic acids is 1. The van der Waals surface area contributed by atoms with E-state index < -0.39 is 71.8 Å². The SMILES string of the molecule is CSCC[C@H](N)C(=O)N[C@@H](Cc1ccc(O)cc1)C(=O)N[C@@H](Cc1c[nH]c2ccccc12)C(=O)N[C@@H](Cc1ccc(O)cc1)C(=O)N1CCC[C@H]1C(=O)N[C@@H](Cc1ccc(O)cc1)C(=O)O. The van der Waals surface area contributed by atoms with E-state index in [4.69, 9.17) is 5.73 Å². The van der Waals surface area contributed by atoms with Crippen molar-refractivity contribution in [3.05, 3.63) is 126 Å². The number of likely N-dealkylation sites (tertiary alicyclic amines) is 1. The van der Waals surface area contributed by atoms with Crippen LogP contribution < -0.4 is 27.0 Å². The molecule has 0 radical (unpaired) electrons. The molecule has 11 N–H and O–H groups in total. The van der Waals surface area contributed by atoms with E-state index in [9.17, 15) is 49.2 Å². The molecule has 0 aliphatic carbocycles. The van der Waals surface area contributed by atoms with Crippen LogP contribution in [0.3, 0.4) is 0 Å². The summed E-state index contributed by atoms with van der Waals surface area (Å²) in [6.45, 7) is 0.127. The number of aromatic amines is 1. The second-order valence-corrected chi connectivity index (χ2v) is 17.3. The van der Waals surface area contributed by atoms with Crippen LogP contribution in [0.2, 0.25) is 0 Å². The van der Waals surface area contributed by atoms with Crippen LogP contribution in [0.15, 0.2) is 103 Å². The predicted molar refractivity (Wildman–Crippen MR) is 249 cm³/mol. The molecule has 5 aromatic rings.